The van der Waals surface area contributed by atoms with Crippen LogP contribution in [0.15, 0.2) is 28.1 Å². The molecule has 9 heteroatoms. The zero-order valence-electron chi connectivity index (χ0n) is 14.3. The second-order valence-corrected chi connectivity index (χ2v) is 8.63. The van der Waals surface area contributed by atoms with Crippen LogP contribution in [0.3, 0.4) is 0 Å². The molecule has 25 heavy (non-hydrogen) atoms. The topological polar surface area (TPSA) is 99.6 Å². The number of aryl methyl sites for hydroxylation is 1. The van der Waals surface area contributed by atoms with Crippen molar-refractivity contribution in [1.29, 1.82) is 0 Å². The first-order valence-electron chi connectivity index (χ1n) is 8.17. The van der Waals surface area contributed by atoms with E-state index in [2.05, 4.69) is 5.10 Å². The van der Waals surface area contributed by atoms with E-state index in [1.807, 2.05) is 7.05 Å². The van der Waals surface area contributed by atoms with Gasteiger partial charge in [-0.1, -0.05) is 36.7 Å². The highest BCUT2D eigenvalue weighted by atomic mass is 32.2. The molecule has 0 atom stereocenters. The predicted molar refractivity (Wildman–Crippen MR) is 96.9 cm³/mol. The highest BCUT2D eigenvalue weighted by Gasteiger charge is 2.17. The number of primary sulfonamides is 1. The van der Waals surface area contributed by atoms with Crippen LogP contribution in [-0.2, 0) is 17.1 Å². The molecule has 0 amide bonds. The van der Waals surface area contributed by atoms with Crippen LogP contribution in [0, 0.1) is 0 Å². The van der Waals surface area contributed by atoms with Gasteiger partial charge in [-0.25, -0.2) is 18.2 Å². The van der Waals surface area contributed by atoms with Crippen molar-refractivity contribution in [3.05, 3.63) is 23.0 Å². The summed E-state index contributed by atoms with van der Waals surface area (Å²) in [5.74, 6) is 0.212. The van der Waals surface area contributed by atoms with Crippen LogP contribution < -0.4 is 14.7 Å². The summed E-state index contributed by atoms with van der Waals surface area (Å²) in [6.45, 7) is 0. The lowest BCUT2D eigenvalue weighted by molar-refractivity contribution is 0.403. The van der Waals surface area contributed by atoms with Crippen LogP contribution in [-0.4, -0.2) is 31.3 Å². The minimum absolute atomic E-state index is 0.0354. The molecule has 1 aliphatic carbocycles. The van der Waals surface area contributed by atoms with Gasteiger partial charge in [-0.05, 0) is 25.0 Å². The fourth-order valence-corrected chi connectivity index (χ4v) is 4.62. The molecule has 0 unspecified atom stereocenters. The summed E-state index contributed by atoms with van der Waals surface area (Å²) in [5, 5.41) is 10.5. The fourth-order valence-electron chi connectivity index (χ4n) is 2.98. The number of rotatable bonds is 4. The lowest BCUT2D eigenvalue weighted by Gasteiger charge is -2.16. The van der Waals surface area contributed by atoms with E-state index < -0.39 is 10.0 Å². The average Bonchev–Trinajstić information content (AvgIpc) is 2.95. The van der Waals surface area contributed by atoms with Crippen LogP contribution in [0.25, 0.3) is 10.6 Å². The second-order valence-electron chi connectivity index (χ2n) is 6.14. The number of sulfonamides is 1. The highest BCUT2D eigenvalue weighted by Crippen LogP contribution is 2.29. The molecule has 1 aromatic heterocycles. The Kier molecular flexibility index (Phi) is 5.26. The molecule has 0 saturated heterocycles. The molecule has 136 valence electrons. The van der Waals surface area contributed by atoms with Crippen molar-refractivity contribution in [2.45, 2.75) is 43.0 Å². The van der Waals surface area contributed by atoms with Gasteiger partial charge in [0.05, 0.1) is 13.2 Å². The van der Waals surface area contributed by atoms with Crippen LogP contribution in [0.4, 0.5) is 0 Å². The van der Waals surface area contributed by atoms with Gasteiger partial charge in [0.25, 0.3) is 0 Å². The Bertz CT molecular complexity index is 925. The quantitative estimate of drug-likeness (QED) is 0.874. The predicted octanol–water partition coefficient (Wildman–Crippen LogP) is 2.04. The Morgan fingerprint density at radius 1 is 1.32 bits per heavy atom. The smallest absolute Gasteiger partial charge is 0.241 e. The monoisotopic (exact) mass is 382 g/mol. The van der Waals surface area contributed by atoms with Crippen molar-refractivity contribution in [3.63, 3.8) is 0 Å². The molecule has 0 radical (unpaired) electrons. The van der Waals surface area contributed by atoms with Gasteiger partial charge >= 0.3 is 0 Å². The number of hydrogen-bond acceptors (Lipinski definition) is 6. The maximum atomic E-state index is 11.6. The van der Waals surface area contributed by atoms with Gasteiger partial charge in [-0.3, -0.25) is 4.99 Å². The minimum Gasteiger partial charge on any atom is -0.495 e. The summed E-state index contributed by atoms with van der Waals surface area (Å²) in [6.07, 6.45) is 6.02. The zero-order valence-corrected chi connectivity index (χ0v) is 15.9. The van der Waals surface area contributed by atoms with Crippen molar-refractivity contribution in [2.75, 3.05) is 7.11 Å². The SMILES string of the molecule is COc1cc(-c2nn(C)/c(=N\C3CCCCC3)s2)ccc1S(N)(=O)=O. The normalized spacial score (nSPS) is 17.0. The van der Waals surface area contributed by atoms with Gasteiger partial charge < -0.3 is 4.74 Å². The Morgan fingerprint density at radius 3 is 2.68 bits per heavy atom. The number of nitrogens with two attached hydrogens (primary N) is 1. The molecule has 1 aliphatic rings. The maximum Gasteiger partial charge on any atom is 0.241 e. The Labute approximate surface area is 151 Å². The molecule has 1 heterocycles. The number of methoxy groups -OCH3 is 1. The molecule has 0 aliphatic heterocycles. The first-order chi connectivity index (χ1) is 11.9. The third kappa shape index (κ3) is 4.10. The molecule has 2 N–H and O–H groups in total. The van der Waals surface area contributed by atoms with Gasteiger partial charge in [-0.15, -0.1) is 0 Å². The van der Waals surface area contributed by atoms with Crippen molar-refractivity contribution in [3.8, 4) is 16.3 Å². The van der Waals surface area contributed by atoms with Crippen LogP contribution in [0.2, 0.25) is 0 Å². The summed E-state index contributed by atoms with van der Waals surface area (Å²) in [6, 6.07) is 5.14. The third-order valence-corrected chi connectivity index (χ3v) is 6.30. The molecule has 1 saturated carbocycles. The summed E-state index contributed by atoms with van der Waals surface area (Å²) < 4.78 is 30.2. The van der Waals surface area contributed by atoms with Crippen molar-refractivity contribution in [2.24, 2.45) is 17.2 Å². The van der Waals surface area contributed by atoms with Crippen molar-refractivity contribution < 1.29 is 13.2 Å². The molecule has 7 nitrogen and oxygen atoms in total. The van der Waals surface area contributed by atoms with E-state index in [9.17, 15) is 8.42 Å². The molecular formula is C16H22N4O3S2. The Morgan fingerprint density at radius 2 is 2.04 bits per heavy atom. The third-order valence-electron chi connectivity index (χ3n) is 4.29. The summed E-state index contributed by atoms with van der Waals surface area (Å²) in [4.78, 5) is 5.67. The van der Waals surface area contributed by atoms with Crippen LogP contribution >= 0.6 is 11.3 Å². The molecule has 2 aromatic rings. The van der Waals surface area contributed by atoms with E-state index in [1.54, 1.807) is 16.8 Å². The van der Waals surface area contributed by atoms with Crippen LogP contribution in [0.1, 0.15) is 32.1 Å². The maximum absolute atomic E-state index is 11.6. The van der Waals surface area contributed by atoms with Gasteiger partial charge in [0.1, 0.15) is 15.7 Å². The highest BCUT2D eigenvalue weighted by molar-refractivity contribution is 7.89. The van der Waals surface area contributed by atoms with E-state index in [1.165, 1.54) is 43.8 Å². The molecule has 0 bridgehead atoms. The van der Waals surface area contributed by atoms with E-state index in [0.29, 0.717) is 6.04 Å². The number of nitrogens with zero attached hydrogens (tertiary/aromatic N) is 3. The van der Waals surface area contributed by atoms with Gasteiger partial charge in [0.15, 0.2) is 0 Å². The minimum atomic E-state index is -3.83. The van der Waals surface area contributed by atoms with E-state index >= 15 is 0 Å². The number of ether oxygens (including phenoxy) is 1. The molecule has 1 fully saturated rings. The van der Waals surface area contributed by atoms with Crippen LogP contribution in [0.5, 0.6) is 5.75 Å². The molecule has 1 aromatic carbocycles. The number of aromatic nitrogens is 2. The van der Waals surface area contributed by atoms with Crippen molar-refractivity contribution in [1.82, 2.24) is 9.78 Å². The lowest BCUT2D eigenvalue weighted by Crippen LogP contribution is -2.18. The fraction of sp³-hybridized carbons (Fsp3) is 0.500. The molecule has 3 rings (SSSR count). The van der Waals surface area contributed by atoms with Gasteiger partial charge in [-0.2, -0.15) is 5.10 Å². The molecular weight excluding hydrogens is 360 g/mol. The Balaban J connectivity index is 1.97. The van der Waals surface area contributed by atoms with E-state index in [0.717, 1.165) is 28.2 Å². The number of hydrogen-bond donors (Lipinski definition) is 1. The summed E-state index contributed by atoms with van der Waals surface area (Å²) in [7, 11) is -0.544. The summed E-state index contributed by atoms with van der Waals surface area (Å²) in [5.41, 5.74) is 0.773. The van der Waals surface area contributed by atoms with Gasteiger partial charge in [0, 0.05) is 12.6 Å². The lowest BCUT2D eigenvalue weighted by atomic mass is 9.96. The standard InChI is InChI=1S/C16H22N4O3S2/c1-20-16(18-12-6-4-3-5-7-12)24-15(19-20)11-8-9-14(25(17,21)22)13(10-11)23-2/h8-10,12H,3-7H2,1-2H3,(H2,17,21,22)/b18-16+. The van der Waals surface area contributed by atoms with Crippen molar-refractivity contribution >= 4 is 21.4 Å². The molecule has 0 spiro atoms. The summed E-state index contributed by atoms with van der Waals surface area (Å²) >= 11 is 1.49. The Hall–Kier alpha value is -1.71. The average molecular weight is 383 g/mol. The largest absolute Gasteiger partial charge is 0.495 e. The first kappa shape index (κ1) is 18.1. The van der Waals surface area contributed by atoms with E-state index in [-0.39, 0.29) is 10.6 Å². The number of benzene rings is 1. The first-order valence-corrected chi connectivity index (χ1v) is 10.5. The van der Waals surface area contributed by atoms with Gasteiger partial charge in [0.2, 0.25) is 14.8 Å². The zero-order chi connectivity index (χ0) is 18.0. The van der Waals surface area contributed by atoms with E-state index in [4.69, 9.17) is 14.9 Å². The second kappa shape index (κ2) is 7.27.